The number of ether oxygens (including phenoxy) is 1. The fraction of sp³-hybridized carbons (Fsp3) is 0.632. The van der Waals surface area contributed by atoms with E-state index in [1.165, 1.54) is 43.5 Å². The van der Waals surface area contributed by atoms with E-state index in [0.29, 0.717) is 12.5 Å². The van der Waals surface area contributed by atoms with Gasteiger partial charge >= 0.3 is 0 Å². The maximum absolute atomic E-state index is 5.88. The summed E-state index contributed by atoms with van der Waals surface area (Å²) in [7, 11) is 0. The molecule has 1 aromatic carbocycles. The van der Waals surface area contributed by atoms with Gasteiger partial charge in [0.05, 0.1) is 6.54 Å². The van der Waals surface area contributed by atoms with Crippen molar-refractivity contribution in [2.75, 3.05) is 32.8 Å². The predicted octanol–water partition coefficient (Wildman–Crippen LogP) is 2.50. The third kappa shape index (κ3) is 7.32. The lowest BCUT2D eigenvalue weighted by atomic mass is 10.1. The molecule has 0 aromatic heterocycles. The van der Waals surface area contributed by atoms with E-state index < -0.39 is 0 Å². The molecule has 1 aliphatic rings. The van der Waals surface area contributed by atoms with E-state index in [2.05, 4.69) is 39.5 Å². The highest BCUT2D eigenvalue weighted by molar-refractivity contribution is 5.77. The summed E-state index contributed by atoms with van der Waals surface area (Å²) in [4.78, 5) is 6.93. The first-order chi connectivity index (χ1) is 11.8. The molecule has 0 spiro atoms. The molecule has 0 amide bonds. The minimum absolute atomic E-state index is 0.504. The highest BCUT2D eigenvalue weighted by Gasteiger charge is 2.10. The van der Waals surface area contributed by atoms with Crippen molar-refractivity contribution in [3.63, 3.8) is 0 Å². The minimum Gasteiger partial charge on any atom is -0.382 e. The second-order valence-corrected chi connectivity index (χ2v) is 6.33. The van der Waals surface area contributed by atoms with Crippen LogP contribution in [0.4, 0.5) is 0 Å². The number of nitrogens with zero attached hydrogens (tertiary/aromatic N) is 2. The Labute approximate surface area is 146 Å². The molecule has 24 heavy (non-hydrogen) atoms. The number of guanidine groups is 1. The summed E-state index contributed by atoms with van der Waals surface area (Å²) in [5.74, 6) is 0.504. The lowest BCUT2D eigenvalue weighted by Crippen LogP contribution is -2.32. The summed E-state index contributed by atoms with van der Waals surface area (Å²) in [6.07, 6.45) is 5.00. The number of benzene rings is 1. The van der Waals surface area contributed by atoms with Gasteiger partial charge in [0.1, 0.15) is 0 Å². The molecule has 1 aromatic rings. The van der Waals surface area contributed by atoms with Crippen LogP contribution in [0, 0.1) is 0 Å². The van der Waals surface area contributed by atoms with Crippen LogP contribution in [0.1, 0.15) is 43.7 Å². The van der Waals surface area contributed by atoms with Gasteiger partial charge in [-0.3, -0.25) is 4.90 Å². The average molecular weight is 332 g/mol. The SMILES string of the molecule is CCOCCCNC(N)=NCc1ccc(CN2CCCCC2)cc1. The number of rotatable bonds is 9. The van der Waals surface area contributed by atoms with E-state index in [1.54, 1.807) is 0 Å². The topological polar surface area (TPSA) is 62.9 Å². The van der Waals surface area contributed by atoms with Crippen molar-refractivity contribution in [3.05, 3.63) is 35.4 Å². The van der Waals surface area contributed by atoms with Gasteiger partial charge in [0.25, 0.3) is 0 Å². The van der Waals surface area contributed by atoms with Crippen molar-refractivity contribution in [1.82, 2.24) is 10.2 Å². The normalized spacial score (nSPS) is 16.3. The molecule has 5 heteroatoms. The predicted molar refractivity (Wildman–Crippen MR) is 100 cm³/mol. The summed E-state index contributed by atoms with van der Waals surface area (Å²) < 4.78 is 5.29. The Hall–Kier alpha value is -1.59. The Balaban J connectivity index is 1.69. The zero-order valence-corrected chi connectivity index (χ0v) is 15.0. The largest absolute Gasteiger partial charge is 0.382 e. The fourth-order valence-electron chi connectivity index (χ4n) is 2.89. The summed E-state index contributed by atoms with van der Waals surface area (Å²) >= 11 is 0. The molecule has 0 atom stereocenters. The average Bonchev–Trinajstić information content (AvgIpc) is 2.62. The van der Waals surface area contributed by atoms with Gasteiger partial charge in [-0.05, 0) is 50.4 Å². The third-order valence-electron chi connectivity index (χ3n) is 4.29. The summed E-state index contributed by atoms with van der Waals surface area (Å²) in [5, 5.41) is 3.12. The Bertz CT molecular complexity index is 481. The molecule has 0 bridgehead atoms. The monoisotopic (exact) mass is 332 g/mol. The van der Waals surface area contributed by atoms with E-state index in [1.807, 2.05) is 6.92 Å². The quantitative estimate of drug-likeness (QED) is 0.414. The van der Waals surface area contributed by atoms with Gasteiger partial charge in [-0.25, -0.2) is 4.99 Å². The van der Waals surface area contributed by atoms with Crippen LogP contribution in [-0.2, 0) is 17.8 Å². The molecule has 1 aliphatic heterocycles. The summed E-state index contributed by atoms with van der Waals surface area (Å²) in [6.45, 7) is 8.47. The molecule has 1 saturated heterocycles. The second kappa shape index (κ2) is 11.0. The highest BCUT2D eigenvalue weighted by atomic mass is 16.5. The van der Waals surface area contributed by atoms with Gasteiger partial charge in [-0.1, -0.05) is 30.7 Å². The van der Waals surface area contributed by atoms with Crippen LogP contribution in [0.3, 0.4) is 0 Å². The molecule has 0 aliphatic carbocycles. The first-order valence-electron chi connectivity index (χ1n) is 9.19. The molecule has 0 radical (unpaired) electrons. The molecule has 0 saturated carbocycles. The first kappa shape index (κ1) is 18.7. The lowest BCUT2D eigenvalue weighted by molar-refractivity contribution is 0.145. The fourth-order valence-corrected chi connectivity index (χ4v) is 2.89. The number of piperidine rings is 1. The van der Waals surface area contributed by atoms with Crippen LogP contribution in [0.15, 0.2) is 29.3 Å². The van der Waals surface area contributed by atoms with E-state index in [0.717, 1.165) is 32.7 Å². The van der Waals surface area contributed by atoms with Crippen molar-refractivity contribution in [2.45, 2.75) is 45.7 Å². The van der Waals surface area contributed by atoms with Crippen LogP contribution in [0.25, 0.3) is 0 Å². The van der Waals surface area contributed by atoms with E-state index >= 15 is 0 Å². The molecule has 2 rings (SSSR count). The maximum Gasteiger partial charge on any atom is 0.188 e. The number of hydrogen-bond acceptors (Lipinski definition) is 3. The van der Waals surface area contributed by atoms with Gasteiger partial charge in [-0.15, -0.1) is 0 Å². The van der Waals surface area contributed by atoms with Crippen molar-refractivity contribution in [1.29, 1.82) is 0 Å². The van der Waals surface area contributed by atoms with Gasteiger partial charge in [-0.2, -0.15) is 0 Å². The molecular formula is C19H32N4O. The maximum atomic E-state index is 5.88. The molecule has 0 unspecified atom stereocenters. The number of nitrogens with one attached hydrogen (secondary N) is 1. The zero-order valence-electron chi connectivity index (χ0n) is 15.0. The smallest absolute Gasteiger partial charge is 0.188 e. The minimum atomic E-state index is 0.504. The Morgan fingerprint density at radius 3 is 2.58 bits per heavy atom. The molecule has 3 N–H and O–H groups in total. The van der Waals surface area contributed by atoms with E-state index in [-0.39, 0.29) is 0 Å². The molecular weight excluding hydrogens is 300 g/mol. The van der Waals surface area contributed by atoms with Gasteiger partial charge in [0.15, 0.2) is 5.96 Å². The van der Waals surface area contributed by atoms with E-state index in [9.17, 15) is 0 Å². The van der Waals surface area contributed by atoms with Gasteiger partial charge < -0.3 is 15.8 Å². The summed E-state index contributed by atoms with van der Waals surface area (Å²) in [5.41, 5.74) is 8.45. The number of nitrogens with two attached hydrogens (primary N) is 1. The first-order valence-corrected chi connectivity index (χ1v) is 9.19. The number of hydrogen-bond donors (Lipinski definition) is 2. The van der Waals surface area contributed by atoms with Crippen molar-refractivity contribution < 1.29 is 4.74 Å². The van der Waals surface area contributed by atoms with Crippen LogP contribution < -0.4 is 11.1 Å². The molecule has 1 heterocycles. The van der Waals surface area contributed by atoms with Gasteiger partial charge in [0, 0.05) is 26.3 Å². The Morgan fingerprint density at radius 2 is 1.88 bits per heavy atom. The Morgan fingerprint density at radius 1 is 1.17 bits per heavy atom. The second-order valence-electron chi connectivity index (χ2n) is 6.33. The van der Waals surface area contributed by atoms with Crippen LogP contribution in [-0.4, -0.2) is 43.7 Å². The van der Waals surface area contributed by atoms with Crippen molar-refractivity contribution in [3.8, 4) is 0 Å². The zero-order chi connectivity index (χ0) is 17.0. The van der Waals surface area contributed by atoms with Gasteiger partial charge in [0.2, 0.25) is 0 Å². The number of likely N-dealkylation sites (tertiary alicyclic amines) is 1. The number of aliphatic imine (C=N–C) groups is 1. The standard InChI is InChI=1S/C19H32N4O/c1-2-24-14-6-11-21-19(20)22-15-17-7-9-18(10-8-17)16-23-12-4-3-5-13-23/h7-10H,2-6,11-16H2,1H3,(H3,20,21,22). The van der Waals surface area contributed by atoms with Crippen molar-refractivity contribution >= 4 is 5.96 Å². The Kier molecular flexibility index (Phi) is 8.63. The van der Waals surface area contributed by atoms with Crippen LogP contribution in [0.5, 0.6) is 0 Å². The lowest BCUT2D eigenvalue weighted by Gasteiger charge is -2.26. The molecule has 134 valence electrons. The third-order valence-corrected chi connectivity index (χ3v) is 4.29. The van der Waals surface area contributed by atoms with E-state index in [4.69, 9.17) is 10.5 Å². The molecule has 5 nitrogen and oxygen atoms in total. The van der Waals surface area contributed by atoms with Crippen LogP contribution in [0.2, 0.25) is 0 Å². The van der Waals surface area contributed by atoms with Crippen molar-refractivity contribution in [2.24, 2.45) is 10.7 Å². The highest BCUT2D eigenvalue weighted by Crippen LogP contribution is 2.13. The molecule has 1 fully saturated rings. The summed E-state index contributed by atoms with van der Waals surface area (Å²) in [6, 6.07) is 8.74. The van der Waals surface area contributed by atoms with Crippen LogP contribution >= 0.6 is 0 Å².